The van der Waals surface area contributed by atoms with Crippen LogP contribution in [0.15, 0.2) is 0 Å². The Balaban J connectivity index is 1.41. The number of carbonyl (C=O) groups excluding carboxylic acids is 2. The second-order valence-corrected chi connectivity index (χ2v) is 6.94. The Labute approximate surface area is 114 Å². The van der Waals surface area contributed by atoms with Gasteiger partial charge in [0.15, 0.2) is 0 Å². The number of hydrogen-bond acceptors (Lipinski definition) is 2. The van der Waals surface area contributed by atoms with Crippen LogP contribution >= 0.6 is 0 Å². The quantitative estimate of drug-likeness (QED) is 0.771. The Morgan fingerprint density at radius 2 is 2.05 bits per heavy atom. The largest absolute Gasteiger partial charge is 0.337 e. The zero-order valence-corrected chi connectivity index (χ0v) is 11.4. The van der Waals surface area contributed by atoms with E-state index in [2.05, 4.69) is 4.90 Å². The molecule has 1 spiro atoms. The van der Waals surface area contributed by atoms with Gasteiger partial charge in [-0.3, -0.25) is 9.59 Å². The van der Waals surface area contributed by atoms with Crippen LogP contribution in [0.3, 0.4) is 0 Å². The summed E-state index contributed by atoms with van der Waals surface area (Å²) < 4.78 is 0. The van der Waals surface area contributed by atoms with Gasteiger partial charge in [0.2, 0.25) is 11.8 Å². The first-order valence-corrected chi connectivity index (χ1v) is 7.77. The molecular formula is C15H22N2O2. The third-order valence-electron chi connectivity index (χ3n) is 5.68. The van der Waals surface area contributed by atoms with E-state index in [-0.39, 0.29) is 11.8 Å². The molecule has 0 radical (unpaired) electrons. The minimum atomic E-state index is 0.162. The summed E-state index contributed by atoms with van der Waals surface area (Å²) in [5.74, 6) is 1.13. The van der Waals surface area contributed by atoms with E-state index in [0.29, 0.717) is 24.4 Å². The molecule has 19 heavy (non-hydrogen) atoms. The highest BCUT2D eigenvalue weighted by atomic mass is 16.2. The van der Waals surface area contributed by atoms with Crippen molar-refractivity contribution in [2.24, 2.45) is 11.3 Å². The molecule has 0 aromatic rings. The van der Waals surface area contributed by atoms with E-state index < -0.39 is 0 Å². The standard InChI is InChI=1S/C15H22N2O2/c18-12-3-1-8-16(12)9-13(19)17-10-15(6-2-7-15)14(17)11-4-5-11/h11,14H,1-10H2. The number of nitrogens with zero attached hydrogens (tertiary/aromatic N) is 2. The molecule has 2 aliphatic carbocycles. The Morgan fingerprint density at radius 1 is 1.26 bits per heavy atom. The first kappa shape index (κ1) is 11.7. The lowest BCUT2D eigenvalue weighted by Gasteiger charge is -2.63. The van der Waals surface area contributed by atoms with E-state index in [1.54, 1.807) is 4.90 Å². The van der Waals surface area contributed by atoms with Crippen LogP contribution in [-0.4, -0.2) is 47.3 Å². The fourth-order valence-electron chi connectivity index (χ4n) is 4.37. The van der Waals surface area contributed by atoms with Crippen LogP contribution in [0.5, 0.6) is 0 Å². The Bertz CT molecular complexity index is 426. The topological polar surface area (TPSA) is 40.6 Å². The van der Waals surface area contributed by atoms with Crippen molar-refractivity contribution < 1.29 is 9.59 Å². The molecule has 0 bridgehead atoms. The van der Waals surface area contributed by atoms with E-state index in [1.807, 2.05) is 0 Å². The number of hydrogen-bond donors (Lipinski definition) is 0. The molecule has 0 aromatic carbocycles. The van der Waals surface area contributed by atoms with Crippen LogP contribution in [0.4, 0.5) is 0 Å². The summed E-state index contributed by atoms with van der Waals surface area (Å²) in [4.78, 5) is 27.9. The highest BCUT2D eigenvalue weighted by Crippen LogP contribution is 2.59. The monoisotopic (exact) mass is 262 g/mol. The van der Waals surface area contributed by atoms with Gasteiger partial charge in [-0.15, -0.1) is 0 Å². The van der Waals surface area contributed by atoms with Gasteiger partial charge in [-0.25, -0.2) is 0 Å². The highest BCUT2D eigenvalue weighted by Gasteiger charge is 2.61. The van der Waals surface area contributed by atoms with Crippen LogP contribution < -0.4 is 0 Å². The van der Waals surface area contributed by atoms with E-state index in [9.17, 15) is 9.59 Å². The molecule has 1 atom stereocenters. The van der Waals surface area contributed by atoms with Crippen LogP contribution in [0.1, 0.15) is 44.9 Å². The number of amides is 2. The molecule has 2 saturated heterocycles. The maximum Gasteiger partial charge on any atom is 0.242 e. The highest BCUT2D eigenvalue weighted by molar-refractivity contribution is 5.86. The van der Waals surface area contributed by atoms with E-state index in [4.69, 9.17) is 0 Å². The van der Waals surface area contributed by atoms with Gasteiger partial charge in [-0.2, -0.15) is 0 Å². The Kier molecular flexibility index (Phi) is 2.45. The SMILES string of the molecule is O=C1CCCN1CC(=O)N1CC2(CCC2)C1C1CC1. The molecule has 4 nitrogen and oxygen atoms in total. The molecule has 2 aliphatic heterocycles. The van der Waals surface area contributed by atoms with Crippen molar-refractivity contribution in [1.82, 2.24) is 9.80 Å². The Morgan fingerprint density at radius 3 is 2.58 bits per heavy atom. The van der Waals surface area contributed by atoms with Crippen molar-refractivity contribution >= 4 is 11.8 Å². The molecule has 2 saturated carbocycles. The van der Waals surface area contributed by atoms with Crippen LogP contribution in [0.2, 0.25) is 0 Å². The lowest BCUT2D eigenvalue weighted by molar-refractivity contribution is -0.172. The first-order chi connectivity index (χ1) is 9.20. The van der Waals surface area contributed by atoms with Crippen molar-refractivity contribution in [3.63, 3.8) is 0 Å². The zero-order chi connectivity index (χ0) is 13.0. The number of carbonyl (C=O) groups is 2. The second kappa shape index (κ2) is 3.97. The third-order valence-corrected chi connectivity index (χ3v) is 5.68. The minimum absolute atomic E-state index is 0.162. The molecule has 0 N–H and O–H groups in total. The normalized spacial score (nSPS) is 32.4. The maximum absolute atomic E-state index is 12.4. The molecule has 4 fully saturated rings. The first-order valence-electron chi connectivity index (χ1n) is 7.77. The van der Waals surface area contributed by atoms with Crippen molar-refractivity contribution in [1.29, 1.82) is 0 Å². The minimum Gasteiger partial charge on any atom is -0.337 e. The average molecular weight is 262 g/mol. The third kappa shape index (κ3) is 1.72. The Hall–Kier alpha value is -1.06. The van der Waals surface area contributed by atoms with E-state index in [0.717, 1.165) is 25.4 Å². The van der Waals surface area contributed by atoms with Gasteiger partial charge >= 0.3 is 0 Å². The summed E-state index contributed by atoms with van der Waals surface area (Å²) in [5, 5.41) is 0. The molecule has 2 heterocycles. The van der Waals surface area contributed by atoms with Gasteiger partial charge in [-0.05, 0) is 38.0 Å². The fourth-order valence-corrected chi connectivity index (χ4v) is 4.37. The lowest BCUT2D eigenvalue weighted by atomic mass is 9.56. The maximum atomic E-state index is 12.4. The summed E-state index contributed by atoms with van der Waals surface area (Å²) in [5.41, 5.74) is 0.492. The van der Waals surface area contributed by atoms with E-state index >= 15 is 0 Å². The molecule has 0 aromatic heterocycles. The molecule has 4 heteroatoms. The molecular weight excluding hydrogens is 240 g/mol. The molecule has 2 amide bonds. The van der Waals surface area contributed by atoms with E-state index in [1.165, 1.54) is 32.1 Å². The summed E-state index contributed by atoms with van der Waals surface area (Å²) in [7, 11) is 0. The second-order valence-electron chi connectivity index (χ2n) is 6.94. The van der Waals surface area contributed by atoms with Gasteiger partial charge in [0, 0.05) is 31.0 Å². The smallest absolute Gasteiger partial charge is 0.242 e. The van der Waals surface area contributed by atoms with Gasteiger partial charge in [-0.1, -0.05) is 6.42 Å². The van der Waals surface area contributed by atoms with Crippen LogP contribution in [0, 0.1) is 11.3 Å². The molecule has 104 valence electrons. The van der Waals surface area contributed by atoms with Crippen LogP contribution in [-0.2, 0) is 9.59 Å². The zero-order valence-electron chi connectivity index (χ0n) is 11.4. The number of likely N-dealkylation sites (tertiary alicyclic amines) is 2. The molecule has 4 rings (SSSR count). The fraction of sp³-hybridized carbons (Fsp3) is 0.867. The van der Waals surface area contributed by atoms with Gasteiger partial charge in [0.05, 0.1) is 6.54 Å². The van der Waals surface area contributed by atoms with Crippen molar-refractivity contribution in [3.05, 3.63) is 0 Å². The summed E-state index contributed by atoms with van der Waals surface area (Å²) in [6.45, 7) is 2.07. The molecule has 4 aliphatic rings. The van der Waals surface area contributed by atoms with Gasteiger partial charge in [0.25, 0.3) is 0 Å². The summed E-state index contributed by atoms with van der Waals surface area (Å²) in [6, 6.07) is 0.520. The van der Waals surface area contributed by atoms with Gasteiger partial charge < -0.3 is 9.80 Å². The lowest BCUT2D eigenvalue weighted by Crippen LogP contribution is -2.70. The van der Waals surface area contributed by atoms with Crippen molar-refractivity contribution in [2.45, 2.75) is 51.0 Å². The average Bonchev–Trinajstić information content (AvgIpc) is 3.01. The predicted molar refractivity (Wildman–Crippen MR) is 70.3 cm³/mol. The molecule has 1 unspecified atom stereocenters. The van der Waals surface area contributed by atoms with Gasteiger partial charge in [0.1, 0.15) is 0 Å². The summed E-state index contributed by atoms with van der Waals surface area (Å²) in [6.07, 6.45) is 8.14. The van der Waals surface area contributed by atoms with Crippen molar-refractivity contribution in [2.75, 3.05) is 19.6 Å². The summed E-state index contributed by atoms with van der Waals surface area (Å²) >= 11 is 0. The number of rotatable bonds is 3. The van der Waals surface area contributed by atoms with Crippen LogP contribution in [0.25, 0.3) is 0 Å². The van der Waals surface area contributed by atoms with Crippen molar-refractivity contribution in [3.8, 4) is 0 Å². The predicted octanol–water partition coefficient (Wildman–Crippen LogP) is 1.40.